The number of hydrogen-bond donors (Lipinski definition) is 1. The van der Waals surface area contributed by atoms with E-state index in [0.717, 1.165) is 0 Å². The summed E-state index contributed by atoms with van der Waals surface area (Å²) in [7, 11) is 0. The highest BCUT2D eigenvalue weighted by Crippen LogP contribution is 2.24. The maximum Gasteiger partial charge on any atom is 0.231 e. The monoisotopic (exact) mass is 257 g/mol. The fraction of sp³-hybridized carbons (Fsp3) is 0.700. The summed E-state index contributed by atoms with van der Waals surface area (Å²) in [4.78, 5) is 13.9. The van der Waals surface area contributed by atoms with Gasteiger partial charge in [0.05, 0.1) is 11.7 Å². The number of halogens is 1. The number of hydrogen-bond acceptors (Lipinski definition) is 6. The van der Waals surface area contributed by atoms with Gasteiger partial charge in [-0.15, -0.1) is 0 Å². The van der Waals surface area contributed by atoms with E-state index in [0.29, 0.717) is 19.0 Å². The maximum atomic E-state index is 5.81. The lowest BCUT2D eigenvalue weighted by atomic mass is 10.1. The van der Waals surface area contributed by atoms with Crippen molar-refractivity contribution in [2.75, 3.05) is 23.7 Å². The highest BCUT2D eigenvalue weighted by Gasteiger charge is 2.32. The van der Waals surface area contributed by atoms with Gasteiger partial charge in [0.25, 0.3) is 0 Å². The molecule has 1 aromatic heterocycles. The molecule has 0 amide bonds. The van der Waals surface area contributed by atoms with E-state index in [1.807, 2.05) is 25.7 Å². The Labute approximate surface area is 105 Å². The summed E-state index contributed by atoms with van der Waals surface area (Å²) in [5, 5.41) is 0.115. The first kappa shape index (κ1) is 12.3. The summed E-state index contributed by atoms with van der Waals surface area (Å²) in [5.41, 5.74) is 5.32. The Morgan fingerprint density at radius 2 is 2.12 bits per heavy atom. The van der Waals surface area contributed by atoms with Crippen molar-refractivity contribution in [1.29, 1.82) is 0 Å². The third-order valence-electron chi connectivity index (χ3n) is 2.47. The van der Waals surface area contributed by atoms with Crippen LogP contribution in [0.5, 0.6) is 0 Å². The predicted octanol–water partition coefficient (Wildman–Crippen LogP) is 1.11. The highest BCUT2D eigenvalue weighted by atomic mass is 35.5. The van der Waals surface area contributed by atoms with Gasteiger partial charge in [-0.25, -0.2) is 0 Å². The Morgan fingerprint density at radius 1 is 1.41 bits per heavy atom. The van der Waals surface area contributed by atoms with Gasteiger partial charge in [0.15, 0.2) is 0 Å². The summed E-state index contributed by atoms with van der Waals surface area (Å²) in [6.07, 6.45) is 0.107. The molecule has 1 unspecified atom stereocenters. The first-order valence-electron chi connectivity index (χ1n) is 5.45. The van der Waals surface area contributed by atoms with Crippen LogP contribution in [0.2, 0.25) is 5.28 Å². The standard InChI is InChI=1S/C10H16ClN5O/c1-6-4-16(5-10(2,3)17-6)9-14-7(11)13-8(12)15-9/h6H,4-5H2,1-3H3,(H2,12,13,14,15). The maximum absolute atomic E-state index is 5.81. The third kappa shape index (κ3) is 2.95. The van der Waals surface area contributed by atoms with E-state index in [9.17, 15) is 0 Å². The molecule has 7 heteroatoms. The van der Waals surface area contributed by atoms with E-state index in [-0.39, 0.29) is 22.9 Å². The molecule has 2 N–H and O–H groups in total. The molecule has 0 saturated carbocycles. The van der Waals surface area contributed by atoms with Gasteiger partial charge >= 0.3 is 0 Å². The lowest BCUT2D eigenvalue weighted by Gasteiger charge is -2.41. The van der Waals surface area contributed by atoms with Gasteiger partial charge in [0, 0.05) is 13.1 Å². The molecule has 1 atom stereocenters. The van der Waals surface area contributed by atoms with E-state index in [1.54, 1.807) is 0 Å². The molecule has 0 bridgehead atoms. The largest absolute Gasteiger partial charge is 0.369 e. The molecule has 0 spiro atoms. The van der Waals surface area contributed by atoms with Gasteiger partial charge in [-0.2, -0.15) is 15.0 Å². The van der Waals surface area contributed by atoms with Gasteiger partial charge in [0.2, 0.25) is 17.2 Å². The molecule has 6 nitrogen and oxygen atoms in total. The van der Waals surface area contributed by atoms with Crippen LogP contribution in [0.25, 0.3) is 0 Å². The van der Waals surface area contributed by atoms with Crippen LogP contribution < -0.4 is 10.6 Å². The van der Waals surface area contributed by atoms with Crippen LogP contribution in [0.1, 0.15) is 20.8 Å². The number of nitrogens with zero attached hydrogens (tertiary/aromatic N) is 4. The van der Waals surface area contributed by atoms with E-state index in [1.165, 1.54) is 0 Å². The fourth-order valence-corrected chi connectivity index (χ4v) is 2.26. The second-order valence-corrected chi connectivity index (χ2v) is 5.17. The second-order valence-electron chi connectivity index (χ2n) is 4.83. The van der Waals surface area contributed by atoms with Crippen molar-refractivity contribution in [2.24, 2.45) is 0 Å². The molecular formula is C10H16ClN5O. The highest BCUT2D eigenvalue weighted by molar-refractivity contribution is 6.28. The number of anilines is 2. The SMILES string of the molecule is CC1CN(c2nc(N)nc(Cl)n2)CC(C)(C)O1. The van der Waals surface area contributed by atoms with Crippen molar-refractivity contribution in [3.05, 3.63) is 5.28 Å². The number of morpholine rings is 1. The van der Waals surface area contributed by atoms with Gasteiger partial charge in [-0.1, -0.05) is 0 Å². The zero-order chi connectivity index (χ0) is 12.6. The average Bonchev–Trinajstić information content (AvgIpc) is 2.12. The van der Waals surface area contributed by atoms with E-state index >= 15 is 0 Å². The Morgan fingerprint density at radius 3 is 2.71 bits per heavy atom. The van der Waals surface area contributed by atoms with Crippen LogP contribution in [0.15, 0.2) is 0 Å². The zero-order valence-corrected chi connectivity index (χ0v) is 10.9. The molecule has 17 heavy (non-hydrogen) atoms. The Bertz CT molecular complexity index is 405. The molecule has 1 aliphatic rings. The lowest BCUT2D eigenvalue weighted by molar-refractivity contribution is -0.0753. The van der Waals surface area contributed by atoms with Crippen LogP contribution in [0, 0.1) is 0 Å². The quantitative estimate of drug-likeness (QED) is 0.812. The minimum atomic E-state index is -0.245. The van der Waals surface area contributed by atoms with E-state index in [2.05, 4.69) is 15.0 Å². The number of ether oxygens (including phenoxy) is 1. The van der Waals surface area contributed by atoms with Crippen molar-refractivity contribution in [1.82, 2.24) is 15.0 Å². The number of rotatable bonds is 1. The van der Waals surface area contributed by atoms with E-state index < -0.39 is 0 Å². The smallest absolute Gasteiger partial charge is 0.231 e. The second kappa shape index (κ2) is 4.27. The van der Waals surface area contributed by atoms with Crippen LogP contribution in [0.4, 0.5) is 11.9 Å². The molecule has 0 radical (unpaired) electrons. The topological polar surface area (TPSA) is 77.2 Å². The summed E-state index contributed by atoms with van der Waals surface area (Å²) in [5.74, 6) is 0.641. The molecule has 1 aromatic rings. The van der Waals surface area contributed by atoms with E-state index in [4.69, 9.17) is 22.1 Å². The Kier molecular flexibility index (Phi) is 3.09. The predicted molar refractivity (Wildman–Crippen MR) is 66.1 cm³/mol. The molecule has 0 aliphatic carbocycles. The summed E-state index contributed by atoms with van der Waals surface area (Å²) >= 11 is 5.78. The number of nitrogen functional groups attached to an aromatic ring is 1. The minimum absolute atomic E-state index is 0.107. The van der Waals surface area contributed by atoms with Gasteiger partial charge in [0.1, 0.15) is 0 Å². The molecule has 94 valence electrons. The normalized spacial score (nSPS) is 23.8. The van der Waals surface area contributed by atoms with Crippen molar-refractivity contribution in [3.8, 4) is 0 Å². The Hall–Kier alpha value is -1.14. The average molecular weight is 258 g/mol. The molecule has 0 aromatic carbocycles. The summed E-state index contributed by atoms with van der Waals surface area (Å²) in [6, 6.07) is 0. The van der Waals surface area contributed by atoms with Crippen molar-refractivity contribution in [2.45, 2.75) is 32.5 Å². The van der Waals surface area contributed by atoms with Crippen LogP contribution in [0.3, 0.4) is 0 Å². The lowest BCUT2D eigenvalue weighted by Crippen LogP contribution is -2.52. The number of aromatic nitrogens is 3. The number of nitrogens with two attached hydrogens (primary N) is 1. The zero-order valence-electron chi connectivity index (χ0n) is 10.1. The molecule has 1 saturated heterocycles. The Balaban J connectivity index is 2.26. The van der Waals surface area contributed by atoms with Gasteiger partial charge in [-0.05, 0) is 32.4 Å². The molecule has 2 heterocycles. The molecular weight excluding hydrogens is 242 g/mol. The first-order chi connectivity index (χ1) is 7.85. The molecule has 1 aliphatic heterocycles. The minimum Gasteiger partial charge on any atom is -0.369 e. The van der Waals surface area contributed by atoms with Crippen molar-refractivity contribution < 1.29 is 4.74 Å². The van der Waals surface area contributed by atoms with Crippen LogP contribution >= 0.6 is 11.6 Å². The third-order valence-corrected chi connectivity index (χ3v) is 2.63. The van der Waals surface area contributed by atoms with Crippen molar-refractivity contribution >= 4 is 23.5 Å². The molecule has 1 fully saturated rings. The van der Waals surface area contributed by atoms with Crippen molar-refractivity contribution in [3.63, 3.8) is 0 Å². The summed E-state index contributed by atoms with van der Waals surface area (Å²) < 4.78 is 5.81. The fourth-order valence-electron chi connectivity index (χ4n) is 2.10. The first-order valence-corrected chi connectivity index (χ1v) is 5.83. The van der Waals surface area contributed by atoms with Gasteiger partial charge in [-0.3, -0.25) is 0 Å². The molecule has 2 rings (SSSR count). The van der Waals surface area contributed by atoms with Crippen LogP contribution in [-0.4, -0.2) is 39.7 Å². The summed E-state index contributed by atoms with van der Waals surface area (Å²) in [6.45, 7) is 7.48. The van der Waals surface area contributed by atoms with Crippen LogP contribution in [-0.2, 0) is 4.74 Å². The van der Waals surface area contributed by atoms with Gasteiger partial charge < -0.3 is 15.4 Å².